The molecule has 0 aromatic heterocycles. The second kappa shape index (κ2) is 2.97. The number of carbonyl (C=O) groups excluding carboxylic acids is 1. The molecule has 0 bridgehead atoms. The fourth-order valence-corrected chi connectivity index (χ4v) is 2.82. The predicted octanol–water partition coefficient (Wildman–Crippen LogP) is 1.19. The number of ether oxygens (including phenoxy) is 1. The lowest BCUT2D eigenvalue weighted by atomic mass is 9.78. The highest BCUT2D eigenvalue weighted by molar-refractivity contribution is 5.83. The third-order valence-electron chi connectivity index (χ3n) is 3.42. The number of aliphatic carboxylic acids is 1. The minimum atomic E-state index is -0.995. The number of cyclic esters (lactones) is 1. The van der Waals surface area contributed by atoms with Crippen LogP contribution >= 0.6 is 0 Å². The summed E-state index contributed by atoms with van der Waals surface area (Å²) in [6.07, 6.45) is 1.99. The van der Waals surface area contributed by atoms with Gasteiger partial charge >= 0.3 is 11.9 Å². The number of hydrogen-bond acceptors (Lipinski definition) is 3. The smallest absolute Gasteiger partial charge is 0.345 e. The standard InChI is InChI=1S/C10H14O4/c1-6-2-3-10(4-6)5-7(11)14-8(10)9(12)13/h6,8H,2-5H2,1H3,(H,12,13). The zero-order valence-corrected chi connectivity index (χ0v) is 8.16. The van der Waals surface area contributed by atoms with E-state index in [-0.39, 0.29) is 12.4 Å². The number of carboxylic acids is 1. The normalized spacial score (nSPS) is 41.6. The number of carboxylic acid groups (broad SMARTS) is 1. The fraction of sp³-hybridized carbons (Fsp3) is 0.800. The maximum atomic E-state index is 11.1. The SMILES string of the molecule is CC1CCC2(CC(=O)OC2C(=O)O)C1. The van der Waals surface area contributed by atoms with Gasteiger partial charge in [0.15, 0.2) is 0 Å². The van der Waals surface area contributed by atoms with Crippen molar-refractivity contribution in [3.8, 4) is 0 Å². The van der Waals surface area contributed by atoms with E-state index in [1.54, 1.807) is 0 Å². The molecule has 1 saturated heterocycles. The first-order valence-corrected chi connectivity index (χ1v) is 4.96. The summed E-state index contributed by atoms with van der Waals surface area (Å²) in [5, 5.41) is 8.97. The molecule has 1 spiro atoms. The molecule has 14 heavy (non-hydrogen) atoms. The Morgan fingerprint density at radius 2 is 2.36 bits per heavy atom. The number of carbonyl (C=O) groups is 2. The van der Waals surface area contributed by atoms with E-state index in [1.165, 1.54) is 0 Å². The Balaban J connectivity index is 2.24. The van der Waals surface area contributed by atoms with Gasteiger partial charge in [0.1, 0.15) is 0 Å². The van der Waals surface area contributed by atoms with Gasteiger partial charge in [-0.3, -0.25) is 4.79 Å². The molecule has 2 aliphatic rings. The summed E-state index contributed by atoms with van der Waals surface area (Å²) < 4.78 is 4.87. The molecule has 3 atom stereocenters. The van der Waals surface area contributed by atoms with E-state index >= 15 is 0 Å². The largest absolute Gasteiger partial charge is 0.478 e. The topological polar surface area (TPSA) is 63.6 Å². The van der Waals surface area contributed by atoms with Crippen LogP contribution in [0.1, 0.15) is 32.6 Å². The molecular formula is C10H14O4. The van der Waals surface area contributed by atoms with Gasteiger partial charge in [-0.05, 0) is 25.2 Å². The summed E-state index contributed by atoms with van der Waals surface area (Å²) >= 11 is 0. The average molecular weight is 198 g/mol. The maximum absolute atomic E-state index is 11.1. The molecule has 1 saturated carbocycles. The van der Waals surface area contributed by atoms with Gasteiger partial charge in [-0.15, -0.1) is 0 Å². The number of rotatable bonds is 1. The molecule has 4 nitrogen and oxygen atoms in total. The van der Waals surface area contributed by atoms with Crippen molar-refractivity contribution in [1.82, 2.24) is 0 Å². The zero-order chi connectivity index (χ0) is 10.3. The molecule has 1 aliphatic heterocycles. The van der Waals surface area contributed by atoms with Crippen molar-refractivity contribution in [2.24, 2.45) is 11.3 Å². The van der Waals surface area contributed by atoms with Gasteiger partial charge in [-0.25, -0.2) is 4.79 Å². The van der Waals surface area contributed by atoms with Gasteiger partial charge in [0.2, 0.25) is 6.10 Å². The van der Waals surface area contributed by atoms with Crippen molar-refractivity contribution >= 4 is 11.9 Å². The van der Waals surface area contributed by atoms with Crippen LogP contribution in [0, 0.1) is 11.3 Å². The van der Waals surface area contributed by atoms with Crippen LogP contribution in [0.4, 0.5) is 0 Å². The minimum Gasteiger partial charge on any atom is -0.478 e. The lowest BCUT2D eigenvalue weighted by Gasteiger charge is -2.24. The van der Waals surface area contributed by atoms with Crippen LogP contribution in [0.25, 0.3) is 0 Å². The second-order valence-electron chi connectivity index (χ2n) is 4.60. The molecule has 0 aromatic rings. The van der Waals surface area contributed by atoms with Gasteiger partial charge in [-0.1, -0.05) is 6.92 Å². The summed E-state index contributed by atoms with van der Waals surface area (Å²) in [6, 6.07) is 0. The molecule has 2 rings (SSSR count). The first kappa shape index (κ1) is 9.49. The summed E-state index contributed by atoms with van der Waals surface area (Å²) in [7, 11) is 0. The van der Waals surface area contributed by atoms with E-state index in [1.807, 2.05) is 0 Å². The van der Waals surface area contributed by atoms with Crippen LogP contribution < -0.4 is 0 Å². The van der Waals surface area contributed by atoms with E-state index in [0.29, 0.717) is 5.92 Å². The molecular weight excluding hydrogens is 184 g/mol. The van der Waals surface area contributed by atoms with Crippen LogP contribution in [-0.2, 0) is 14.3 Å². The highest BCUT2D eigenvalue weighted by Gasteiger charge is 2.55. The van der Waals surface area contributed by atoms with Crippen molar-refractivity contribution in [2.75, 3.05) is 0 Å². The molecule has 1 aliphatic carbocycles. The Morgan fingerprint density at radius 1 is 1.64 bits per heavy atom. The molecule has 3 unspecified atom stereocenters. The van der Waals surface area contributed by atoms with Gasteiger partial charge in [0.05, 0.1) is 6.42 Å². The van der Waals surface area contributed by atoms with Crippen LogP contribution in [0.3, 0.4) is 0 Å². The highest BCUT2D eigenvalue weighted by atomic mass is 16.6. The molecule has 0 amide bonds. The summed E-state index contributed by atoms with van der Waals surface area (Å²) in [5.41, 5.74) is -0.400. The molecule has 0 radical (unpaired) electrons. The van der Waals surface area contributed by atoms with Gasteiger partial charge in [-0.2, -0.15) is 0 Å². The monoisotopic (exact) mass is 198 g/mol. The van der Waals surface area contributed by atoms with E-state index < -0.39 is 17.5 Å². The van der Waals surface area contributed by atoms with E-state index in [9.17, 15) is 9.59 Å². The predicted molar refractivity (Wildman–Crippen MR) is 47.6 cm³/mol. The minimum absolute atomic E-state index is 0.286. The van der Waals surface area contributed by atoms with Crippen LogP contribution in [0.2, 0.25) is 0 Å². The number of esters is 1. The quantitative estimate of drug-likeness (QED) is 0.643. The lowest BCUT2D eigenvalue weighted by Crippen LogP contribution is -2.35. The third-order valence-corrected chi connectivity index (χ3v) is 3.42. The Morgan fingerprint density at radius 3 is 2.86 bits per heavy atom. The maximum Gasteiger partial charge on any atom is 0.345 e. The van der Waals surface area contributed by atoms with Crippen LogP contribution in [0.5, 0.6) is 0 Å². The summed E-state index contributed by atoms with van der Waals surface area (Å²) in [5.74, 6) is -0.845. The van der Waals surface area contributed by atoms with Crippen molar-refractivity contribution in [2.45, 2.75) is 38.7 Å². The Bertz CT molecular complexity index is 286. The average Bonchev–Trinajstić information content (AvgIpc) is 2.57. The number of hydrogen-bond donors (Lipinski definition) is 1. The molecule has 0 aromatic carbocycles. The van der Waals surface area contributed by atoms with Gasteiger partial charge < -0.3 is 9.84 Å². The van der Waals surface area contributed by atoms with Crippen molar-refractivity contribution in [1.29, 1.82) is 0 Å². The summed E-state index contributed by atoms with van der Waals surface area (Å²) in [6.45, 7) is 2.09. The van der Waals surface area contributed by atoms with Gasteiger partial charge in [0.25, 0.3) is 0 Å². The van der Waals surface area contributed by atoms with Crippen LogP contribution in [0.15, 0.2) is 0 Å². The summed E-state index contributed by atoms with van der Waals surface area (Å²) in [4.78, 5) is 22.1. The third kappa shape index (κ3) is 1.29. The first-order valence-electron chi connectivity index (χ1n) is 4.96. The molecule has 1 N–H and O–H groups in total. The highest BCUT2D eigenvalue weighted by Crippen LogP contribution is 2.51. The molecule has 4 heteroatoms. The fourth-order valence-electron chi connectivity index (χ4n) is 2.82. The van der Waals surface area contributed by atoms with E-state index in [2.05, 4.69) is 6.92 Å². The zero-order valence-electron chi connectivity index (χ0n) is 8.16. The Labute approximate surface area is 82.2 Å². The molecule has 78 valence electrons. The Hall–Kier alpha value is -1.06. The van der Waals surface area contributed by atoms with E-state index in [4.69, 9.17) is 9.84 Å². The second-order valence-corrected chi connectivity index (χ2v) is 4.60. The van der Waals surface area contributed by atoms with Gasteiger partial charge in [0, 0.05) is 5.41 Å². The van der Waals surface area contributed by atoms with Crippen LogP contribution in [-0.4, -0.2) is 23.1 Å². The molecule has 1 heterocycles. The first-order chi connectivity index (χ1) is 6.53. The lowest BCUT2D eigenvalue weighted by molar-refractivity contribution is -0.160. The van der Waals surface area contributed by atoms with E-state index in [0.717, 1.165) is 19.3 Å². The Kier molecular flexibility index (Phi) is 2.01. The molecule has 2 fully saturated rings. The van der Waals surface area contributed by atoms with Crippen molar-refractivity contribution in [3.05, 3.63) is 0 Å². The van der Waals surface area contributed by atoms with Crippen molar-refractivity contribution < 1.29 is 19.4 Å². The van der Waals surface area contributed by atoms with Crippen molar-refractivity contribution in [3.63, 3.8) is 0 Å².